The average Bonchev–Trinajstić information content (AvgIpc) is 2.94. The summed E-state index contributed by atoms with van der Waals surface area (Å²) in [5.74, 6) is 1.72. The molecule has 18 heavy (non-hydrogen) atoms. The third-order valence-corrected chi connectivity index (χ3v) is 4.82. The monoisotopic (exact) mass is 243 g/mol. The van der Waals surface area contributed by atoms with E-state index >= 15 is 0 Å². The Morgan fingerprint density at radius 3 is 2.61 bits per heavy atom. The molecule has 2 aliphatic carbocycles. The zero-order valence-corrected chi connectivity index (χ0v) is 11.2. The topological polar surface area (TPSA) is 29.1 Å². The largest absolute Gasteiger partial charge is 0.349 e. The molecule has 0 spiro atoms. The van der Waals surface area contributed by atoms with Crippen molar-refractivity contribution in [2.75, 3.05) is 0 Å². The van der Waals surface area contributed by atoms with Crippen LogP contribution < -0.4 is 5.32 Å². The smallest absolute Gasteiger partial charge is 0.251 e. The van der Waals surface area contributed by atoms with E-state index in [2.05, 4.69) is 19.2 Å². The third kappa shape index (κ3) is 2.05. The van der Waals surface area contributed by atoms with Crippen LogP contribution in [0.5, 0.6) is 0 Å². The van der Waals surface area contributed by atoms with Crippen LogP contribution in [0.25, 0.3) is 0 Å². The van der Waals surface area contributed by atoms with Gasteiger partial charge in [-0.2, -0.15) is 0 Å². The van der Waals surface area contributed by atoms with Crippen molar-refractivity contribution in [2.45, 2.75) is 45.6 Å². The fourth-order valence-corrected chi connectivity index (χ4v) is 3.56. The van der Waals surface area contributed by atoms with E-state index < -0.39 is 0 Å². The molecule has 1 aromatic carbocycles. The van der Waals surface area contributed by atoms with Crippen LogP contribution in [0.2, 0.25) is 0 Å². The molecule has 96 valence electrons. The Morgan fingerprint density at radius 1 is 1.17 bits per heavy atom. The third-order valence-electron chi connectivity index (χ3n) is 4.82. The van der Waals surface area contributed by atoms with Crippen molar-refractivity contribution in [3.8, 4) is 0 Å². The van der Waals surface area contributed by atoms with Gasteiger partial charge in [-0.3, -0.25) is 4.79 Å². The standard InChI is InChI=1S/C16H21NO/c1-10-3-5-14(7-11(10)2)16(18)17-15-9-12-4-6-13(15)8-12/h3,5,7,12-13,15H,4,6,8-9H2,1-2H3,(H,17,18)/t12-,13-,15-/m1/s1. The fourth-order valence-electron chi connectivity index (χ4n) is 3.56. The maximum absolute atomic E-state index is 12.2. The van der Waals surface area contributed by atoms with E-state index in [1.54, 1.807) is 0 Å². The minimum Gasteiger partial charge on any atom is -0.349 e. The SMILES string of the molecule is Cc1ccc(C(=O)N[C@@H]2C[C@@H]3CC[C@@H]2C3)cc1C. The van der Waals surface area contributed by atoms with Crippen LogP contribution in [0.1, 0.15) is 47.2 Å². The van der Waals surface area contributed by atoms with Gasteiger partial charge in [0.05, 0.1) is 0 Å². The van der Waals surface area contributed by atoms with E-state index in [0.717, 1.165) is 17.4 Å². The molecule has 0 saturated heterocycles. The van der Waals surface area contributed by atoms with Crippen LogP contribution in [0.3, 0.4) is 0 Å². The van der Waals surface area contributed by atoms with Crippen molar-refractivity contribution in [1.82, 2.24) is 5.32 Å². The van der Waals surface area contributed by atoms with Gasteiger partial charge in [0.2, 0.25) is 0 Å². The van der Waals surface area contributed by atoms with Gasteiger partial charge in [0.25, 0.3) is 5.91 Å². The second kappa shape index (κ2) is 4.42. The number of carbonyl (C=O) groups is 1. The highest BCUT2D eigenvalue weighted by Crippen LogP contribution is 2.44. The number of hydrogen-bond donors (Lipinski definition) is 1. The Morgan fingerprint density at radius 2 is 2.00 bits per heavy atom. The second-order valence-electron chi connectivity index (χ2n) is 6.05. The van der Waals surface area contributed by atoms with Crippen molar-refractivity contribution >= 4 is 5.91 Å². The van der Waals surface area contributed by atoms with Crippen molar-refractivity contribution in [2.24, 2.45) is 11.8 Å². The molecule has 2 saturated carbocycles. The Hall–Kier alpha value is -1.31. The van der Waals surface area contributed by atoms with Gasteiger partial charge >= 0.3 is 0 Å². The highest BCUT2D eigenvalue weighted by Gasteiger charge is 2.40. The summed E-state index contributed by atoms with van der Waals surface area (Å²) in [4.78, 5) is 12.2. The Labute approximate surface area is 109 Å². The van der Waals surface area contributed by atoms with Crippen molar-refractivity contribution in [1.29, 1.82) is 0 Å². The number of amides is 1. The molecule has 3 atom stereocenters. The van der Waals surface area contributed by atoms with Crippen molar-refractivity contribution < 1.29 is 4.79 Å². The number of aryl methyl sites for hydroxylation is 2. The maximum atomic E-state index is 12.2. The highest BCUT2D eigenvalue weighted by molar-refractivity contribution is 5.94. The fraction of sp³-hybridized carbons (Fsp3) is 0.562. The van der Waals surface area contributed by atoms with E-state index in [-0.39, 0.29) is 5.91 Å². The average molecular weight is 243 g/mol. The quantitative estimate of drug-likeness (QED) is 0.849. The van der Waals surface area contributed by atoms with Gasteiger partial charge in [-0.25, -0.2) is 0 Å². The first-order valence-electron chi connectivity index (χ1n) is 7.01. The summed E-state index contributed by atoms with van der Waals surface area (Å²) in [6.45, 7) is 4.14. The van der Waals surface area contributed by atoms with Gasteiger partial charge in [-0.15, -0.1) is 0 Å². The normalized spacial score (nSPS) is 29.6. The number of fused-ring (bicyclic) bond motifs is 2. The molecule has 2 heteroatoms. The van der Waals surface area contributed by atoms with E-state index in [1.807, 2.05) is 18.2 Å². The summed E-state index contributed by atoms with van der Waals surface area (Å²) in [5.41, 5.74) is 3.24. The number of carbonyl (C=O) groups excluding carboxylic acids is 1. The van der Waals surface area contributed by atoms with Crippen LogP contribution in [0.4, 0.5) is 0 Å². The molecule has 2 aliphatic rings. The summed E-state index contributed by atoms with van der Waals surface area (Å²) >= 11 is 0. The van der Waals surface area contributed by atoms with E-state index in [1.165, 1.54) is 36.8 Å². The van der Waals surface area contributed by atoms with Gasteiger partial charge in [0, 0.05) is 11.6 Å². The van der Waals surface area contributed by atoms with E-state index in [4.69, 9.17) is 0 Å². The highest BCUT2D eigenvalue weighted by atomic mass is 16.1. The zero-order valence-electron chi connectivity index (χ0n) is 11.2. The number of hydrogen-bond acceptors (Lipinski definition) is 1. The van der Waals surface area contributed by atoms with Gasteiger partial charge < -0.3 is 5.32 Å². The van der Waals surface area contributed by atoms with Gasteiger partial charge in [0.1, 0.15) is 0 Å². The van der Waals surface area contributed by atoms with Crippen LogP contribution >= 0.6 is 0 Å². The van der Waals surface area contributed by atoms with Crippen LogP contribution in [0, 0.1) is 25.7 Å². The molecule has 1 aromatic rings. The molecule has 0 aromatic heterocycles. The molecule has 0 heterocycles. The molecule has 1 N–H and O–H groups in total. The summed E-state index contributed by atoms with van der Waals surface area (Å²) in [6, 6.07) is 6.39. The molecule has 2 fully saturated rings. The number of benzene rings is 1. The Balaban J connectivity index is 1.69. The summed E-state index contributed by atoms with van der Waals surface area (Å²) < 4.78 is 0. The minimum absolute atomic E-state index is 0.107. The molecule has 0 radical (unpaired) electrons. The summed E-state index contributed by atoms with van der Waals surface area (Å²) in [6.07, 6.45) is 5.21. The van der Waals surface area contributed by atoms with Crippen molar-refractivity contribution in [3.05, 3.63) is 34.9 Å². The molecule has 0 aliphatic heterocycles. The Bertz CT molecular complexity index is 480. The number of nitrogens with one attached hydrogen (secondary N) is 1. The molecule has 2 bridgehead atoms. The molecular weight excluding hydrogens is 222 g/mol. The minimum atomic E-state index is 0.107. The van der Waals surface area contributed by atoms with E-state index in [0.29, 0.717) is 6.04 Å². The predicted octanol–water partition coefficient (Wildman–Crippen LogP) is 3.22. The zero-order chi connectivity index (χ0) is 12.7. The predicted molar refractivity (Wildman–Crippen MR) is 72.6 cm³/mol. The lowest BCUT2D eigenvalue weighted by atomic mass is 9.95. The first-order valence-corrected chi connectivity index (χ1v) is 7.01. The summed E-state index contributed by atoms with van der Waals surface area (Å²) in [5, 5.41) is 3.23. The van der Waals surface area contributed by atoms with Gasteiger partial charge in [0.15, 0.2) is 0 Å². The number of rotatable bonds is 2. The molecule has 3 rings (SSSR count). The maximum Gasteiger partial charge on any atom is 0.251 e. The lowest BCUT2D eigenvalue weighted by Crippen LogP contribution is -2.38. The lowest BCUT2D eigenvalue weighted by Gasteiger charge is -2.23. The first-order chi connectivity index (χ1) is 8.63. The molecule has 2 nitrogen and oxygen atoms in total. The van der Waals surface area contributed by atoms with Crippen molar-refractivity contribution in [3.63, 3.8) is 0 Å². The van der Waals surface area contributed by atoms with Crippen LogP contribution in [0.15, 0.2) is 18.2 Å². The summed E-state index contributed by atoms with van der Waals surface area (Å²) in [7, 11) is 0. The first kappa shape index (κ1) is 11.8. The molecular formula is C16H21NO. The molecule has 0 unspecified atom stereocenters. The van der Waals surface area contributed by atoms with Gasteiger partial charge in [-0.1, -0.05) is 12.5 Å². The second-order valence-corrected chi connectivity index (χ2v) is 6.05. The Kier molecular flexibility index (Phi) is 2.89. The van der Waals surface area contributed by atoms with E-state index in [9.17, 15) is 4.79 Å². The van der Waals surface area contributed by atoms with Crippen LogP contribution in [-0.4, -0.2) is 11.9 Å². The van der Waals surface area contributed by atoms with Gasteiger partial charge in [-0.05, 0) is 68.2 Å². The lowest BCUT2D eigenvalue weighted by molar-refractivity contribution is 0.0923. The molecule has 1 amide bonds. The van der Waals surface area contributed by atoms with Crippen LogP contribution in [-0.2, 0) is 0 Å².